The van der Waals surface area contributed by atoms with Crippen LogP contribution in [-0.4, -0.2) is 10.6 Å². The van der Waals surface area contributed by atoms with Crippen LogP contribution in [-0.2, 0) is 6.61 Å². The van der Waals surface area contributed by atoms with E-state index in [1.54, 1.807) is 6.07 Å². The van der Waals surface area contributed by atoms with E-state index in [-0.39, 0.29) is 28.4 Å². The molecule has 0 fully saturated rings. The lowest BCUT2D eigenvalue weighted by Gasteiger charge is -2.11. The summed E-state index contributed by atoms with van der Waals surface area (Å²) in [6.45, 7) is -0.189. The number of hydrogen-bond donors (Lipinski definition) is 1. The van der Waals surface area contributed by atoms with E-state index in [1.807, 2.05) is 0 Å². The van der Waals surface area contributed by atoms with E-state index >= 15 is 0 Å². The zero-order valence-electron chi connectivity index (χ0n) is 13.8. The number of aromatic nitrogens is 1. The van der Waals surface area contributed by atoms with Crippen LogP contribution in [0.5, 0.6) is 0 Å². The molecule has 0 bridgehead atoms. The van der Waals surface area contributed by atoms with Crippen LogP contribution in [0.3, 0.4) is 0 Å². The molecule has 5 nitrogen and oxygen atoms in total. The number of nitrogens with one attached hydrogen (secondary N) is 1. The SMILES string of the molecule is O=C(Nc1ccc(F)c(Cl)c1)c1cccn(OCc2ccccc2F)c1=O. The highest BCUT2D eigenvalue weighted by atomic mass is 35.5. The van der Waals surface area contributed by atoms with Crippen LogP contribution >= 0.6 is 11.6 Å². The van der Waals surface area contributed by atoms with E-state index in [4.69, 9.17) is 16.4 Å². The average molecular weight is 391 g/mol. The molecule has 0 saturated carbocycles. The summed E-state index contributed by atoms with van der Waals surface area (Å²) in [4.78, 5) is 30.1. The molecule has 1 heterocycles. The maximum Gasteiger partial charge on any atom is 0.295 e. The van der Waals surface area contributed by atoms with Crippen molar-refractivity contribution in [1.29, 1.82) is 0 Å². The second kappa shape index (κ2) is 8.01. The lowest BCUT2D eigenvalue weighted by Crippen LogP contribution is -2.32. The fraction of sp³-hybridized carbons (Fsp3) is 0.0526. The highest BCUT2D eigenvalue weighted by Gasteiger charge is 2.14. The Labute approximate surface area is 157 Å². The second-order valence-electron chi connectivity index (χ2n) is 5.50. The minimum absolute atomic E-state index is 0.161. The fourth-order valence-electron chi connectivity index (χ4n) is 2.28. The number of pyridine rings is 1. The normalized spacial score (nSPS) is 10.5. The number of benzene rings is 2. The fourth-order valence-corrected chi connectivity index (χ4v) is 2.46. The molecule has 0 spiro atoms. The Morgan fingerprint density at radius 1 is 1.07 bits per heavy atom. The number of hydrogen-bond acceptors (Lipinski definition) is 3. The van der Waals surface area contributed by atoms with Gasteiger partial charge in [0.25, 0.3) is 11.5 Å². The molecule has 0 unspecified atom stereocenters. The zero-order chi connectivity index (χ0) is 19.4. The topological polar surface area (TPSA) is 60.3 Å². The van der Waals surface area contributed by atoms with Gasteiger partial charge in [0.2, 0.25) is 0 Å². The van der Waals surface area contributed by atoms with Crippen molar-refractivity contribution < 1.29 is 18.4 Å². The van der Waals surface area contributed by atoms with Crippen molar-refractivity contribution >= 4 is 23.2 Å². The molecule has 27 heavy (non-hydrogen) atoms. The van der Waals surface area contributed by atoms with Gasteiger partial charge in [-0.05, 0) is 36.4 Å². The summed E-state index contributed by atoms with van der Waals surface area (Å²) in [5, 5.41) is 2.30. The van der Waals surface area contributed by atoms with Gasteiger partial charge in [-0.1, -0.05) is 29.8 Å². The number of rotatable bonds is 5. The van der Waals surface area contributed by atoms with Crippen LogP contribution in [0.25, 0.3) is 0 Å². The van der Waals surface area contributed by atoms with Crippen LogP contribution in [0, 0.1) is 11.6 Å². The Kier molecular flexibility index (Phi) is 5.52. The van der Waals surface area contributed by atoms with Crippen molar-refractivity contribution in [2.24, 2.45) is 0 Å². The van der Waals surface area contributed by atoms with Crippen molar-refractivity contribution in [2.75, 3.05) is 5.32 Å². The van der Waals surface area contributed by atoms with Crippen LogP contribution in [0.1, 0.15) is 15.9 Å². The quantitative estimate of drug-likeness (QED) is 0.723. The molecule has 0 radical (unpaired) electrons. The van der Waals surface area contributed by atoms with Crippen molar-refractivity contribution in [1.82, 2.24) is 4.73 Å². The molecule has 1 amide bonds. The maximum atomic E-state index is 13.6. The van der Waals surface area contributed by atoms with Crippen molar-refractivity contribution in [2.45, 2.75) is 6.61 Å². The van der Waals surface area contributed by atoms with E-state index in [0.717, 1.165) is 10.8 Å². The monoisotopic (exact) mass is 390 g/mol. The van der Waals surface area contributed by atoms with Gasteiger partial charge in [0.05, 0.1) is 5.02 Å². The standard InChI is InChI=1S/C19H13ClF2N2O3/c20-15-10-13(7-8-17(15)22)23-18(25)14-5-3-9-24(19(14)26)27-11-12-4-1-2-6-16(12)21/h1-10H,11H2,(H,23,25). The summed E-state index contributed by atoms with van der Waals surface area (Å²) < 4.78 is 27.7. The number of carbonyl (C=O) groups excluding carboxylic acids is 1. The summed E-state index contributed by atoms with van der Waals surface area (Å²) in [6.07, 6.45) is 1.31. The first-order valence-electron chi connectivity index (χ1n) is 7.80. The Morgan fingerprint density at radius 2 is 1.85 bits per heavy atom. The molecule has 8 heteroatoms. The van der Waals surface area contributed by atoms with Gasteiger partial charge in [0.15, 0.2) is 0 Å². The minimum atomic E-state index is -0.723. The lowest BCUT2D eigenvalue weighted by molar-refractivity contribution is 0.0847. The van der Waals surface area contributed by atoms with Crippen LogP contribution in [0.4, 0.5) is 14.5 Å². The summed E-state index contributed by atoms with van der Waals surface area (Å²) in [5.74, 6) is -1.81. The third-order valence-electron chi connectivity index (χ3n) is 3.65. The minimum Gasteiger partial charge on any atom is -0.406 e. The highest BCUT2D eigenvalue weighted by Crippen LogP contribution is 2.19. The molecular weight excluding hydrogens is 378 g/mol. The maximum absolute atomic E-state index is 13.6. The summed E-state index contributed by atoms with van der Waals surface area (Å²) in [7, 11) is 0. The Balaban J connectivity index is 1.77. The first kappa shape index (κ1) is 18.6. The predicted octanol–water partition coefficient (Wildman–Crippen LogP) is 3.66. The molecule has 0 atom stereocenters. The molecule has 1 N–H and O–H groups in total. The molecule has 0 saturated heterocycles. The molecule has 138 valence electrons. The van der Waals surface area contributed by atoms with Gasteiger partial charge in [-0.3, -0.25) is 9.59 Å². The van der Waals surface area contributed by atoms with Gasteiger partial charge in [0.1, 0.15) is 23.8 Å². The summed E-state index contributed by atoms with van der Waals surface area (Å²) in [6, 6.07) is 12.4. The van der Waals surface area contributed by atoms with Gasteiger partial charge in [-0.25, -0.2) is 8.78 Å². The van der Waals surface area contributed by atoms with Gasteiger partial charge in [-0.2, -0.15) is 4.73 Å². The molecule has 0 aliphatic rings. The molecule has 3 rings (SSSR count). The highest BCUT2D eigenvalue weighted by molar-refractivity contribution is 6.31. The number of halogens is 3. The van der Waals surface area contributed by atoms with Crippen molar-refractivity contribution in [3.05, 3.63) is 98.9 Å². The van der Waals surface area contributed by atoms with Gasteiger partial charge in [0, 0.05) is 17.4 Å². The number of amides is 1. The molecular formula is C19H13ClF2N2O3. The molecule has 2 aromatic carbocycles. The Morgan fingerprint density at radius 3 is 2.59 bits per heavy atom. The van der Waals surface area contributed by atoms with Crippen molar-refractivity contribution in [3.8, 4) is 0 Å². The second-order valence-corrected chi connectivity index (χ2v) is 5.91. The Hall–Kier alpha value is -3.19. The zero-order valence-corrected chi connectivity index (χ0v) is 14.5. The summed E-state index contributed by atoms with van der Waals surface area (Å²) in [5.41, 5.74) is -0.431. The predicted molar refractivity (Wildman–Crippen MR) is 96.7 cm³/mol. The van der Waals surface area contributed by atoms with Crippen LogP contribution < -0.4 is 15.7 Å². The summed E-state index contributed by atoms with van der Waals surface area (Å²) >= 11 is 5.67. The van der Waals surface area contributed by atoms with E-state index in [0.29, 0.717) is 0 Å². The number of carbonyl (C=O) groups is 1. The van der Waals surface area contributed by atoms with Gasteiger partial charge in [-0.15, -0.1) is 0 Å². The van der Waals surface area contributed by atoms with E-state index in [2.05, 4.69) is 5.32 Å². The van der Waals surface area contributed by atoms with E-state index < -0.39 is 23.1 Å². The van der Waals surface area contributed by atoms with E-state index in [9.17, 15) is 18.4 Å². The lowest BCUT2D eigenvalue weighted by atomic mass is 10.2. The molecule has 1 aromatic heterocycles. The largest absolute Gasteiger partial charge is 0.406 e. The molecule has 3 aromatic rings. The number of nitrogens with zero attached hydrogens (tertiary/aromatic N) is 1. The molecule has 0 aliphatic heterocycles. The smallest absolute Gasteiger partial charge is 0.295 e. The van der Waals surface area contributed by atoms with Crippen molar-refractivity contribution in [3.63, 3.8) is 0 Å². The third kappa shape index (κ3) is 4.32. The molecule has 0 aliphatic carbocycles. The third-order valence-corrected chi connectivity index (χ3v) is 3.94. The van der Waals surface area contributed by atoms with Crippen LogP contribution in [0.2, 0.25) is 5.02 Å². The van der Waals surface area contributed by atoms with Gasteiger partial charge >= 0.3 is 0 Å². The number of anilines is 1. The van der Waals surface area contributed by atoms with E-state index in [1.165, 1.54) is 48.7 Å². The first-order valence-corrected chi connectivity index (χ1v) is 8.18. The van der Waals surface area contributed by atoms with Crippen LogP contribution in [0.15, 0.2) is 65.6 Å². The average Bonchev–Trinajstić information content (AvgIpc) is 2.65. The first-order chi connectivity index (χ1) is 13.0. The van der Waals surface area contributed by atoms with Gasteiger partial charge < -0.3 is 10.2 Å². The Bertz CT molecular complexity index is 1050.